The number of halogens is 1. The molecule has 4 aliphatic rings. The highest BCUT2D eigenvalue weighted by Gasteiger charge is 2.44. The van der Waals surface area contributed by atoms with Gasteiger partial charge in [0, 0.05) is 25.7 Å². The summed E-state index contributed by atoms with van der Waals surface area (Å²) in [5.74, 6) is 5.03. The summed E-state index contributed by atoms with van der Waals surface area (Å²) in [4.78, 5) is 2.76. The molecule has 6 unspecified atom stereocenters. The molecule has 0 radical (unpaired) electrons. The largest absolute Gasteiger partial charge is 0.327 e. The molecule has 2 N–H and O–H groups in total. The third-order valence-electron chi connectivity index (χ3n) is 6.37. The molecule has 18 heavy (non-hydrogen) atoms. The van der Waals surface area contributed by atoms with Crippen molar-refractivity contribution in [2.75, 3.05) is 19.6 Å². The molecular formula is C15H27ClN2. The van der Waals surface area contributed by atoms with Crippen LogP contribution >= 0.6 is 12.4 Å². The minimum absolute atomic E-state index is 0. The van der Waals surface area contributed by atoms with Crippen molar-refractivity contribution in [1.82, 2.24) is 4.90 Å². The van der Waals surface area contributed by atoms with E-state index in [0.717, 1.165) is 29.6 Å². The summed E-state index contributed by atoms with van der Waals surface area (Å²) in [7, 11) is 0. The highest BCUT2D eigenvalue weighted by Crippen LogP contribution is 2.49. The Kier molecular flexibility index (Phi) is 3.64. The topological polar surface area (TPSA) is 29.3 Å². The molecule has 3 aliphatic carbocycles. The second-order valence-corrected chi connectivity index (χ2v) is 7.32. The first-order valence-corrected chi connectivity index (χ1v) is 7.77. The van der Waals surface area contributed by atoms with Crippen LogP contribution in [-0.4, -0.2) is 30.6 Å². The van der Waals surface area contributed by atoms with Crippen LogP contribution in [-0.2, 0) is 0 Å². The van der Waals surface area contributed by atoms with E-state index in [0.29, 0.717) is 6.04 Å². The van der Waals surface area contributed by atoms with Gasteiger partial charge < -0.3 is 10.6 Å². The summed E-state index contributed by atoms with van der Waals surface area (Å²) in [6.07, 6.45) is 8.87. The van der Waals surface area contributed by atoms with Crippen LogP contribution in [0.4, 0.5) is 0 Å². The molecule has 104 valence electrons. The zero-order chi connectivity index (χ0) is 11.4. The zero-order valence-electron chi connectivity index (χ0n) is 11.3. The van der Waals surface area contributed by atoms with Gasteiger partial charge in [0.05, 0.1) is 0 Å². The van der Waals surface area contributed by atoms with Crippen LogP contribution in [0.1, 0.15) is 38.5 Å². The van der Waals surface area contributed by atoms with Crippen LogP contribution in [0.25, 0.3) is 0 Å². The molecule has 0 aromatic heterocycles. The van der Waals surface area contributed by atoms with Crippen LogP contribution < -0.4 is 5.73 Å². The lowest BCUT2D eigenvalue weighted by molar-refractivity contribution is 0.207. The summed E-state index contributed by atoms with van der Waals surface area (Å²) in [5, 5.41) is 0. The second kappa shape index (κ2) is 4.96. The third-order valence-corrected chi connectivity index (χ3v) is 6.37. The molecule has 1 aliphatic heterocycles. The fraction of sp³-hybridized carbons (Fsp3) is 1.00. The summed E-state index contributed by atoms with van der Waals surface area (Å²) >= 11 is 0. The van der Waals surface area contributed by atoms with E-state index in [4.69, 9.17) is 5.73 Å². The molecule has 0 aromatic rings. The minimum atomic E-state index is 0. The van der Waals surface area contributed by atoms with Crippen molar-refractivity contribution in [3.8, 4) is 0 Å². The Balaban J connectivity index is 0.000001000. The number of nitrogens with zero attached hydrogens (tertiary/aromatic N) is 1. The number of fused-ring (bicyclic) bond motifs is 3. The number of hydrogen-bond acceptors (Lipinski definition) is 2. The number of hydrogen-bond donors (Lipinski definition) is 1. The normalized spacial score (nSPS) is 50.5. The molecule has 3 saturated carbocycles. The summed E-state index contributed by atoms with van der Waals surface area (Å²) in [6.45, 7) is 4.09. The first-order valence-electron chi connectivity index (χ1n) is 7.77. The van der Waals surface area contributed by atoms with Crippen LogP contribution in [0.5, 0.6) is 0 Å². The van der Waals surface area contributed by atoms with Gasteiger partial charge in [-0.3, -0.25) is 0 Å². The highest BCUT2D eigenvalue weighted by atomic mass is 35.5. The predicted molar refractivity (Wildman–Crippen MR) is 76.8 cm³/mol. The average Bonchev–Trinajstić information content (AvgIpc) is 3.02. The maximum Gasteiger partial charge on any atom is 0.00826 e. The van der Waals surface area contributed by atoms with Crippen molar-refractivity contribution in [2.45, 2.75) is 44.6 Å². The SMILES string of the molecule is Cl.NC1CCC2CN(CC3CC4CCC3C4)CC12. The number of nitrogens with two attached hydrogens (primary N) is 1. The fourth-order valence-corrected chi connectivity index (χ4v) is 5.48. The lowest BCUT2D eigenvalue weighted by atomic mass is 9.88. The molecular weight excluding hydrogens is 244 g/mol. The smallest absolute Gasteiger partial charge is 0.00826 e. The van der Waals surface area contributed by atoms with Crippen molar-refractivity contribution in [1.29, 1.82) is 0 Å². The maximum atomic E-state index is 6.22. The molecule has 0 spiro atoms. The van der Waals surface area contributed by atoms with Gasteiger partial charge in [0.25, 0.3) is 0 Å². The van der Waals surface area contributed by atoms with Crippen LogP contribution in [0.3, 0.4) is 0 Å². The van der Waals surface area contributed by atoms with Gasteiger partial charge in [-0.15, -0.1) is 12.4 Å². The van der Waals surface area contributed by atoms with Crippen LogP contribution in [0, 0.1) is 29.6 Å². The fourth-order valence-electron chi connectivity index (χ4n) is 5.48. The Morgan fingerprint density at radius 3 is 2.44 bits per heavy atom. The Morgan fingerprint density at radius 2 is 1.78 bits per heavy atom. The van der Waals surface area contributed by atoms with Gasteiger partial charge in [0.1, 0.15) is 0 Å². The molecule has 6 atom stereocenters. The summed E-state index contributed by atoms with van der Waals surface area (Å²) in [6, 6.07) is 0.519. The van der Waals surface area contributed by atoms with Crippen molar-refractivity contribution < 1.29 is 0 Å². The number of likely N-dealkylation sites (tertiary alicyclic amines) is 1. The van der Waals surface area contributed by atoms with E-state index in [-0.39, 0.29) is 12.4 Å². The lowest BCUT2D eigenvalue weighted by Gasteiger charge is -2.27. The Bertz CT molecular complexity index is 309. The number of rotatable bonds is 2. The first-order chi connectivity index (χ1) is 8.29. The van der Waals surface area contributed by atoms with Gasteiger partial charge >= 0.3 is 0 Å². The van der Waals surface area contributed by atoms with E-state index < -0.39 is 0 Å². The molecule has 0 aromatic carbocycles. The quantitative estimate of drug-likeness (QED) is 0.836. The third kappa shape index (κ3) is 2.10. The highest BCUT2D eigenvalue weighted by molar-refractivity contribution is 5.85. The molecule has 4 rings (SSSR count). The summed E-state index contributed by atoms with van der Waals surface area (Å²) in [5.41, 5.74) is 6.22. The van der Waals surface area contributed by atoms with Gasteiger partial charge in [-0.1, -0.05) is 6.42 Å². The van der Waals surface area contributed by atoms with E-state index in [9.17, 15) is 0 Å². The second-order valence-electron chi connectivity index (χ2n) is 7.32. The van der Waals surface area contributed by atoms with Crippen molar-refractivity contribution in [3.63, 3.8) is 0 Å². The maximum absolute atomic E-state index is 6.22. The predicted octanol–water partition coefficient (Wildman–Crippen LogP) is 2.51. The van der Waals surface area contributed by atoms with Crippen LogP contribution in [0.15, 0.2) is 0 Å². The van der Waals surface area contributed by atoms with E-state index in [1.807, 2.05) is 0 Å². The van der Waals surface area contributed by atoms with Crippen molar-refractivity contribution >= 4 is 12.4 Å². The molecule has 1 saturated heterocycles. The minimum Gasteiger partial charge on any atom is -0.327 e. The molecule has 2 bridgehead atoms. The summed E-state index contributed by atoms with van der Waals surface area (Å²) < 4.78 is 0. The van der Waals surface area contributed by atoms with Gasteiger partial charge in [-0.25, -0.2) is 0 Å². The lowest BCUT2D eigenvalue weighted by Crippen LogP contribution is -2.33. The standard InChI is InChI=1S/C15H26N2.ClH/c16-15-4-3-12-7-17(9-14(12)15)8-13-6-10-1-2-11(13)5-10;/h10-15H,1-9,16H2;1H. The average molecular weight is 271 g/mol. The zero-order valence-corrected chi connectivity index (χ0v) is 12.1. The van der Waals surface area contributed by atoms with Gasteiger partial charge in [-0.2, -0.15) is 0 Å². The monoisotopic (exact) mass is 270 g/mol. The van der Waals surface area contributed by atoms with Gasteiger partial charge in [0.15, 0.2) is 0 Å². The van der Waals surface area contributed by atoms with Gasteiger partial charge in [0.2, 0.25) is 0 Å². The Labute approximate surface area is 117 Å². The van der Waals surface area contributed by atoms with E-state index in [1.165, 1.54) is 45.3 Å². The molecule has 3 heteroatoms. The van der Waals surface area contributed by atoms with Crippen molar-refractivity contribution in [3.05, 3.63) is 0 Å². The van der Waals surface area contributed by atoms with E-state index in [1.54, 1.807) is 12.8 Å². The Hall–Kier alpha value is 0.210. The van der Waals surface area contributed by atoms with E-state index in [2.05, 4.69) is 4.90 Å². The van der Waals surface area contributed by atoms with E-state index >= 15 is 0 Å². The van der Waals surface area contributed by atoms with Crippen LogP contribution in [0.2, 0.25) is 0 Å². The van der Waals surface area contributed by atoms with Crippen molar-refractivity contribution in [2.24, 2.45) is 35.3 Å². The molecule has 2 nitrogen and oxygen atoms in total. The molecule has 0 amide bonds. The molecule has 1 heterocycles. The van der Waals surface area contributed by atoms with Gasteiger partial charge in [-0.05, 0) is 61.7 Å². The first kappa shape index (κ1) is 13.2. The Morgan fingerprint density at radius 1 is 0.944 bits per heavy atom. The molecule has 4 fully saturated rings.